The first-order chi connectivity index (χ1) is 10.3. The van der Waals surface area contributed by atoms with Gasteiger partial charge in [0.1, 0.15) is 6.61 Å². The van der Waals surface area contributed by atoms with Crippen LogP contribution in [0.4, 0.5) is 13.2 Å². The predicted octanol–water partition coefficient (Wildman–Crippen LogP) is 3.82. The maximum atomic E-state index is 11.9. The second kappa shape index (κ2) is 8.78. The molecule has 1 aromatic rings. The van der Waals surface area contributed by atoms with Crippen molar-refractivity contribution in [3.63, 3.8) is 0 Å². The quantitative estimate of drug-likeness (QED) is 0.791. The number of carbonyl (C=O) groups excluding carboxylic acids is 1. The van der Waals surface area contributed by atoms with Crippen molar-refractivity contribution in [2.45, 2.75) is 46.0 Å². The van der Waals surface area contributed by atoms with Gasteiger partial charge in [0, 0.05) is 13.0 Å². The van der Waals surface area contributed by atoms with Crippen LogP contribution in [0.25, 0.3) is 0 Å². The maximum absolute atomic E-state index is 11.9. The molecule has 0 saturated heterocycles. The van der Waals surface area contributed by atoms with Gasteiger partial charge in [0.2, 0.25) is 5.91 Å². The van der Waals surface area contributed by atoms with Crippen LogP contribution in [0.2, 0.25) is 0 Å². The molecule has 124 valence electrons. The summed E-state index contributed by atoms with van der Waals surface area (Å²) in [4.78, 5) is 11.6. The Kier molecular flexibility index (Phi) is 7.38. The van der Waals surface area contributed by atoms with Gasteiger partial charge in [-0.15, -0.1) is 0 Å². The van der Waals surface area contributed by atoms with Gasteiger partial charge in [-0.1, -0.05) is 38.1 Å². The molecule has 1 amide bonds. The Labute approximate surface area is 128 Å². The fraction of sp³-hybridized carbons (Fsp3) is 0.562. The molecule has 3 nitrogen and oxygen atoms in total. The summed E-state index contributed by atoms with van der Waals surface area (Å²) in [6.07, 6.45) is -2.96. The normalized spacial score (nSPS) is 11.7. The average molecular weight is 317 g/mol. The largest absolute Gasteiger partial charge is 0.411 e. The summed E-state index contributed by atoms with van der Waals surface area (Å²) >= 11 is 0. The van der Waals surface area contributed by atoms with E-state index in [-0.39, 0.29) is 12.5 Å². The molecular formula is C16H22F3NO2. The number of hydrogen-bond acceptors (Lipinski definition) is 2. The zero-order chi connectivity index (χ0) is 16.6. The zero-order valence-corrected chi connectivity index (χ0v) is 12.9. The van der Waals surface area contributed by atoms with Gasteiger partial charge in [-0.25, -0.2) is 0 Å². The van der Waals surface area contributed by atoms with E-state index in [1.54, 1.807) is 24.3 Å². The third-order valence-corrected chi connectivity index (χ3v) is 3.00. The molecule has 0 unspecified atom stereocenters. The molecule has 0 radical (unpaired) electrons. The summed E-state index contributed by atoms with van der Waals surface area (Å²) in [5.74, 6) is 0.494. The maximum Gasteiger partial charge on any atom is 0.411 e. The highest BCUT2D eigenvalue weighted by Gasteiger charge is 2.27. The van der Waals surface area contributed by atoms with E-state index in [0.717, 1.165) is 12.0 Å². The van der Waals surface area contributed by atoms with Gasteiger partial charge in [0.25, 0.3) is 0 Å². The van der Waals surface area contributed by atoms with Crippen LogP contribution < -0.4 is 5.32 Å². The third kappa shape index (κ3) is 8.67. The molecule has 0 aliphatic heterocycles. The molecule has 6 heteroatoms. The highest BCUT2D eigenvalue weighted by atomic mass is 19.4. The summed E-state index contributed by atoms with van der Waals surface area (Å²) in [6.45, 7) is 3.21. The molecule has 0 heterocycles. The van der Waals surface area contributed by atoms with E-state index in [2.05, 4.69) is 23.9 Å². The lowest BCUT2D eigenvalue weighted by molar-refractivity contribution is -0.176. The first kappa shape index (κ1) is 18.5. The molecule has 1 N–H and O–H groups in total. The van der Waals surface area contributed by atoms with E-state index in [1.165, 1.54) is 0 Å². The minimum Gasteiger partial charge on any atom is -0.367 e. The number of amides is 1. The second-order valence-electron chi connectivity index (χ2n) is 5.63. The zero-order valence-electron chi connectivity index (χ0n) is 12.9. The van der Waals surface area contributed by atoms with Crippen LogP contribution in [-0.2, 0) is 22.7 Å². The Bertz CT molecular complexity index is 455. The summed E-state index contributed by atoms with van der Waals surface area (Å²) in [5, 5.41) is 2.82. The topological polar surface area (TPSA) is 38.3 Å². The first-order valence-corrected chi connectivity index (χ1v) is 7.25. The van der Waals surface area contributed by atoms with Gasteiger partial charge in [-0.3, -0.25) is 4.79 Å². The van der Waals surface area contributed by atoms with Crippen LogP contribution in [-0.4, -0.2) is 18.7 Å². The minimum absolute atomic E-state index is 0.00582. The molecule has 0 bridgehead atoms. The van der Waals surface area contributed by atoms with Crippen LogP contribution >= 0.6 is 0 Å². The van der Waals surface area contributed by atoms with Gasteiger partial charge in [-0.2, -0.15) is 13.2 Å². The highest BCUT2D eigenvalue weighted by molar-refractivity contribution is 5.75. The Hall–Kier alpha value is -1.56. The summed E-state index contributed by atoms with van der Waals surface area (Å²) in [7, 11) is 0. The molecule has 0 saturated carbocycles. The Morgan fingerprint density at radius 3 is 2.32 bits per heavy atom. The fourth-order valence-corrected chi connectivity index (χ4v) is 1.75. The van der Waals surface area contributed by atoms with E-state index in [9.17, 15) is 18.0 Å². The number of rotatable bonds is 8. The van der Waals surface area contributed by atoms with E-state index < -0.39 is 12.8 Å². The molecule has 1 aromatic carbocycles. The molecule has 0 atom stereocenters. The molecule has 0 fully saturated rings. The SMILES string of the molecule is CC(C)CCC(=O)NCc1ccc(COCC(F)(F)F)cc1. The lowest BCUT2D eigenvalue weighted by atomic mass is 10.1. The van der Waals surface area contributed by atoms with Crippen LogP contribution in [0.5, 0.6) is 0 Å². The summed E-state index contributed by atoms with van der Waals surface area (Å²) in [6, 6.07) is 6.95. The van der Waals surface area contributed by atoms with Gasteiger partial charge in [-0.05, 0) is 23.5 Å². The number of alkyl halides is 3. The van der Waals surface area contributed by atoms with E-state index in [1.807, 2.05) is 0 Å². The fourth-order valence-electron chi connectivity index (χ4n) is 1.75. The summed E-state index contributed by atoms with van der Waals surface area (Å²) in [5.41, 5.74) is 1.57. The van der Waals surface area contributed by atoms with Gasteiger partial charge in [0.15, 0.2) is 0 Å². The van der Waals surface area contributed by atoms with Crippen molar-refractivity contribution in [1.29, 1.82) is 0 Å². The Morgan fingerprint density at radius 1 is 1.18 bits per heavy atom. The predicted molar refractivity (Wildman–Crippen MR) is 78.1 cm³/mol. The van der Waals surface area contributed by atoms with Crippen molar-refractivity contribution in [2.24, 2.45) is 5.92 Å². The average Bonchev–Trinajstić information content (AvgIpc) is 2.43. The molecule has 1 rings (SSSR count). The molecule has 0 aliphatic carbocycles. The number of hydrogen-bond donors (Lipinski definition) is 1. The number of ether oxygens (including phenoxy) is 1. The van der Waals surface area contributed by atoms with Crippen molar-refractivity contribution < 1.29 is 22.7 Å². The lowest BCUT2D eigenvalue weighted by Crippen LogP contribution is -2.22. The van der Waals surface area contributed by atoms with E-state index in [0.29, 0.717) is 24.4 Å². The van der Waals surface area contributed by atoms with Crippen molar-refractivity contribution in [3.05, 3.63) is 35.4 Å². The van der Waals surface area contributed by atoms with Crippen molar-refractivity contribution in [1.82, 2.24) is 5.32 Å². The van der Waals surface area contributed by atoms with Crippen molar-refractivity contribution in [3.8, 4) is 0 Å². The minimum atomic E-state index is -4.31. The van der Waals surface area contributed by atoms with Crippen LogP contribution in [0.1, 0.15) is 37.8 Å². The van der Waals surface area contributed by atoms with Gasteiger partial charge >= 0.3 is 6.18 Å². The number of benzene rings is 1. The number of nitrogens with one attached hydrogen (secondary N) is 1. The lowest BCUT2D eigenvalue weighted by Gasteiger charge is -2.09. The monoisotopic (exact) mass is 317 g/mol. The van der Waals surface area contributed by atoms with Gasteiger partial charge in [0.05, 0.1) is 6.61 Å². The van der Waals surface area contributed by atoms with E-state index in [4.69, 9.17) is 0 Å². The first-order valence-electron chi connectivity index (χ1n) is 7.25. The standard InChI is InChI=1S/C16H22F3NO2/c1-12(2)3-8-15(21)20-9-13-4-6-14(7-5-13)10-22-11-16(17,18)19/h4-7,12H,3,8-11H2,1-2H3,(H,20,21). The molecule has 0 spiro atoms. The molecule has 0 aromatic heterocycles. The van der Waals surface area contributed by atoms with Crippen molar-refractivity contribution in [2.75, 3.05) is 6.61 Å². The number of carbonyl (C=O) groups is 1. The summed E-state index contributed by atoms with van der Waals surface area (Å²) < 4.78 is 40.4. The second-order valence-corrected chi connectivity index (χ2v) is 5.63. The van der Waals surface area contributed by atoms with Crippen LogP contribution in [0.3, 0.4) is 0 Å². The Morgan fingerprint density at radius 2 is 1.77 bits per heavy atom. The number of halogens is 3. The smallest absolute Gasteiger partial charge is 0.367 e. The molecule has 0 aliphatic rings. The molecule has 22 heavy (non-hydrogen) atoms. The Balaban J connectivity index is 2.31. The third-order valence-electron chi connectivity index (χ3n) is 3.00. The van der Waals surface area contributed by atoms with Crippen molar-refractivity contribution >= 4 is 5.91 Å². The van der Waals surface area contributed by atoms with Gasteiger partial charge < -0.3 is 10.1 Å². The van der Waals surface area contributed by atoms with Crippen LogP contribution in [0.15, 0.2) is 24.3 Å². The van der Waals surface area contributed by atoms with E-state index >= 15 is 0 Å². The van der Waals surface area contributed by atoms with Crippen LogP contribution in [0, 0.1) is 5.92 Å². The highest BCUT2D eigenvalue weighted by Crippen LogP contribution is 2.15. The molecular weight excluding hydrogens is 295 g/mol.